The Hall–Kier alpha value is -4.81. The van der Waals surface area contributed by atoms with Crippen LogP contribution < -0.4 is 20.9 Å². The van der Waals surface area contributed by atoms with Crippen molar-refractivity contribution in [1.29, 1.82) is 0 Å². The zero-order valence-corrected chi connectivity index (χ0v) is 18.7. The minimum Gasteiger partial charge on any atom is -0.497 e. The summed E-state index contributed by atoms with van der Waals surface area (Å²) in [5.74, 6) is 1.36. The normalized spacial score (nSPS) is 13.6. The first-order chi connectivity index (χ1) is 17.0. The molecule has 1 aliphatic rings. The molecule has 0 unspecified atom stereocenters. The van der Waals surface area contributed by atoms with Crippen LogP contribution in [-0.2, 0) is 0 Å². The lowest BCUT2D eigenvalue weighted by atomic mass is 10.2. The Kier molecular flexibility index (Phi) is 5.79. The van der Waals surface area contributed by atoms with E-state index in [1.54, 1.807) is 35.2 Å². The Balaban J connectivity index is 1.30. The number of amides is 1. The quantitative estimate of drug-likeness (QED) is 0.417. The molecule has 1 N–H and O–H groups in total. The average Bonchev–Trinajstić information content (AvgIpc) is 3.44. The molecule has 1 aliphatic heterocycles. The highest BCUT2D eigenvalue weighted by molar-refractivity contribution is 5.93. The molecule has 0 spiro atoms. The van der Waals surface area contributed by atoms with E-state index in [0.29, 0.717) is 49.3 Å². The third-order valence-electron chi connectivity index (χ3n) is 5.72. The third kappa shape index (κ3) is 4.26. The zero-order chi connectivity index (χ0) is 24.4. The van der Waals surface area contributed by atoms with Crippen molar-refractivity contribution in [2.75, 3.05) is 38.2 Å². The summed E-state index contributed by atoms with van der Waals surface area (Å²) in [6.45, 7) is 1.79. The van der Waals surface area contributed by atoms with Gasteiger partial charge in [0.1, 0.15) is 24.0 Å². The largest absolute Gasteiger partial charge is 0.497 e. The summed E-state index contributed by atoms with van der Waals surface area (Å²) >= 11 is 0. The fourth-order valence-electron chi connectivity index (χ4n) is 3.84. The average molecular weight is 475 g/mol. The molecule has 1 amide bonds. The molecule has 4 heterocycles. The molecule has 1 fully saturated rings. The van der Waals surface area contributed by atoms with Gasteiger partial charge in [0.15, 0.2) is 11.6 Å². The molecule has 4 aromatic rings. The number of nitrogens with zero attached hydrogens (tertiary/aromatic N) is 8. The molecule has 5 rings (SSSR count). The van der Waals surface area contributed by atoms with Crippen LogP contribution in [0.3, 0.4) is 0 Å². The first-order valence-electron chi connectivity index (χ1n) is 10.8. The van der Waals surface area contributed by atoms with Gasteiger partial charge in [0.25, 0.3) is 11.5 Å². The minimum atomic E-state index is -0.680. The molecule has 13 heteroatoms. The maximum atomic E-state index is 13.1. The first kappa shape index (κ1) is 22.0. The molecule has 13 nitrogen and oxygen atoms in total. The third-order valence-corrected chi connectivity index (χ3v) is 5.72. The van der Waals surface area contributed by atoms with Crippen LogP contribution in [0.5, 0.6) is 5.75 Å². The van der Waals surface area contributed by atoms with E-state index in [1.165, 1.54) is 30.6 Å². The Bertz CT molecular complexity index is 1440. The van der Waals surface area contributed by atoms with E-state index >= 15 is 0 Å². The Morgan fingerprint density at radius 3 is 2.31 bits per heavy atom. The van der Waals surface area contributed by atoms with Crippen LogP contribution in [0.2, 0.25) is 0 Å². The van der Waals surface area contributed by atoms with Crippen LogP contribution in [0.15, 0.2) is 64.8 Å². The monoisotopic (exact) mass is 475 g/mol. The maximum Gasteiger partial charge on any atom is 0.333 e. The van der Waals surface area contributed by atoms with E-state index in [2.05, 4.69) is 25.3 Å². The van der Waals surface area contributed by atoms with Gasteiger partial charge in [0.2, 0.25) is 0 Å². The van der Waals surface area contributed by atoms with Crippen molar-refractivity contribution in [1.82, 2.24) is 39.4 Å². The number of H-pyrrole nitrogens is 1. The van der Waals surface area contributed by atoms with Crippen molar-refractivity contribution >= 4 is 11.7 Å². The fraction of sp³-hybridized carbons (Fsp3) is 0.227. The van der Waals surface area contributed by atoms with Crippen molar-refractivity contribution in [2.24, 2.45) is 0 Å². The Labute approximate surface area is 198 Å². The number of hydrogen-bond acceptors (Lipinski definition) is 9. The lowest BCUT2D eigenvalue weighted by Gasteiger charge is -2.35. The molecule has 178 valence electrons. The lowest BCUT2D eigenvalue weighted by Crippen LogP contribution is -2.50. The summed E-state index contributed by atoms with van der Waals surface area (Å²) in [4.78, 5) is 48.6. The van der Waals surface area contributed by atoms with Crippen molar-refractivity contribution in [3.05, 3.63) is 81.7 Å². The zero-order valence-electron chi connectivity index (χ0n) is 18.7. The second-order valence-corrected chi connectivity index (χ2v) is 7.72. The first-order valence-corrected chi connectivity index (χ1v) is 10.8. The van der Waals surface area contributed by atoms with Gasteiger partial charge in [-0.2, -0.15) is 5.10 Å². The number of carbonyl (C=O) groups is 1. The SMILES string of the molecule is COc1ccc(-n2c(=O)[nH]cc(C(=O)N3CCN(c4ccc(-n5cncn5)nn4)CC3)c2=O)cc1. The van der Waals surface area contributed by atoms with E-state index in [9.17, 15) is 14.4 Å². The van der Waals surface area contributed by atoms with Gasteiger partial charge < -0.3 is 19.5 Å². The number of rotatable bonds is 5. The molecule has 0 saturated carbocycles. The fourth-order valence-corrected chi connectivity index (χ4v) is 3.84. The maximum absolute atomic E-state index is 13.1. The van der Waals surface area contributed by atoms with Gasteiger partial charge >= 0.3 is 5.69 Å². The van der Waals surface area contributed by atoms with Crippen molar-refractivity contribution in [3.8, 4) is 17.3 Å². The van der Waals surface area contributed by atoms with Crippen LogP contribution in [0.25, 0.3) is 11.5 Å². The smallest absolute Gasteiger partial charge is 0.333 e. The number of carbonyl (C=O) groups excluding carboxylic acids is 1. The molecule has 1 saturated heterocycles. The number of anilines is 1. The standard InChI is InChI=1S/C22H21N9O4/c1-35-16-4-2-15(3-5-16)31-21(33)17(12-24-22(31)34)20(32)29-10-8-28(9-11-29)18-6-7-19(27-26-18)30-14-23-13-25-30/h2-7,12-14H,8-11H2,1H3,(H,24,34). The molecule has 35 heavy (non-hydrogen) atoms. The second kappa shape index (κ2) is 9.21. The van der Waals surface area contributed by atoms with Crippen molar-refractivity contribution < 1.29 is 9.53 Å². The van der Waals surface area contributed by atoms with Gasteiger partial charge in [-0.3, -0.25) is 9.59 Å². The Morgan fingerprint density at radius 2 is 1.69 bits per heavy atom. The number of benzene rings is 1. The Morgan fingerprint density at radius 1 is 0.971 bits per heavy atom. The van der Waals surface area contributed by atoms with E-state index in [0.717, 1.165) is 4.57 Å². The number of nitrogens with one attached hydrogen (secondary N) is 1. The number of piperazine rings is 1. The topological polar surface area (TPSA) is 144 Å². The van der Waals surface area contributed by atoms with Crippen molar-refractivity contribution in [3.63, 3.8) is 0 Å². The number of ether oxygens (including phenoxy) is 1. The van der Waals surface area contributed by atoms with Gasteiger partial charge in [-0.15, -0.1) is 10.2 Å². The molecule has 3 aromatic heterocycles. The highest BCUT2D eigenvalue weighted by Crippen LogP contribution is 2.15. The summed E-state index contributed by atoms with van der Waals surface area (Å²) < 4.78 is 7.57. The van der Waals surface area contributed by atoms with Crippen LogP contribution in [-0.4, -0.2) is 78.6 Å². The predicted molar refractivity (Wildman–Crippen MR) is 124 cm³/mol. The molecule has 1 aromatic carbocycles. The van der Waals surface area contributed by atoms with Crippen LogP contribution in [0, 0.1) is 0 Å². The molecule has 0 atom stereocenters. The second-order valence-electron chi connectivity index (χ2n) is 7.72. The summed E-state index contributed by atoms with van der Waals surface area (Å²) in [6, 6.07) is 10.1. The van der Waals surface area contributed by atoms with E-state index in [1.807, 2.05) is 11.0 Å². The molecule has 0 bridgehead atoms. The van der Waals surface area contributed by atoms with Crippen LogP contribution >= 0.6 is 0 Å². The number of aromatic nitrogens is 7. The number of methoxy groups -OCH3 is 1. The molecule has 0 radical (unpaired) electrons. The molecular formula is C22H21N9O4. The van der Waals surface area contributed by atoms with E-state index in [-0.39, 0.29) is 5.56 Å². The minimum absolute atomic E-state index is 0.106. The van der Waals surface area contributed by atoms with Gasteiger partial charge in [-0.25, -0.2) is 19.0 Å². The summed E-state index contributed by atoms with van der Waals surface area (Å²) in [7, 11) is 1.52. The van der Waals surface area contributed by atoms with E-state index in [4.69, 9.17) is 4.74 Å². The summed E-state index contributed by atoms with van der Waals surface area (Å²) in [5.41, 5.74) is -1.08. The van der Waals surface area contributed by atoms with Gasteiger partial charge in [-0.1, -0.05) is 0 Å². The van der Waals surface area contributed by atoms with E-state index < -0.39 is 17.2 Å². The molecule has 0 aliphatic carbocycles. The van der Waals surface area contributed by atoms with Crippen molar-refractivity contribution in [2.45, 2.75) is 0 Å². The lowest BCUT2D eigenvalue weighted by molar-refractivity contribution is 0.0743. The van der Waals surface area contributed by atoms with Gasteiger partial charge in [0, 0.05) is 32.4 Å². The number of hydrogen-bond donors (Lipinski definition) is 1. The van der Waals surface area contributed by atoms with Gasteiger partial charge in [-0.05, 0) is 36.4 Å². The highest BCUT2D eigenvalue weighted by atomic mass is 16.5. The van der Waals surface area contributed by atoms with Gasteiger partial charge in [0.05, 0.1) is 12.8 Å². The van der Waals surface area contributed by atoms with Crippen LogP contribution in [0.1, 0.15) is 10.4 Å². The predicted octanol–water partition coefficient (Wildman–Crippen LogP) is -0.132. The highest BCUT2D eigenvalue weighted by Gasteiger charge is 2.26. The number of aromatic amines is 1. The summed E-state index contributed by atoms with van der Waals surface area (Å²) in [6.07, 6.45) is 4.13. The summed E-state index contributed by atoms with van der Waals surface area (Å²) in [5, 5.41) is 12.4. The molecular weight excluding hydrogens is 454 g/mol. The van der Waals surface area contributed by atoms with Crippen LogP contribution in [0.4, 0.5) is 5.82 Å².